The molecule has 0 spiro atoms. The Morgan fingerprint density at radius 1 is 1.25 bits per heavy atom. The first-order chi connectivity index (χ1) is 11.6. The molecular weight excluding hydrogens is 324 g/mol. The van der Waals surface area contributed by atoms with Gasteiger partial charge in [-0.05, 0) is 30.0 Å². The molecule has 0 bridgehead atoms. The molecule has 2 heterocycles. The zero-order chi connectivity index (χ0) is 16.9. The number of amides is 2. The summed E-state index contributed by atoms with van der Waals surface area (Å²) in [7, 11) is 0. The summed E-state index contributed by atoms with van der Waals surface area (Å²) in [4.78, 5) is 25.2. The van der Waals surface area contributed by atoms with Crippen molar-refractivity contribution in [1.82, 2.24) is 5.32 Å². The molecule has 0 aliphatic carbocycles. The molecule has 2 aromatic rings. The molecule has 3 rings (SSSR count). The predicted molar refractivity (Wildman–Crippen MR) is 95.0 cm³/mol. The highest BCUT2D eigenvalue weighted by Gasteiger charge is 2.34. The Balaban J connectivity index is 1.66. The number of carbonyl (C=O) groups excluding carboxylic acids is 2. The first-order valence-corrected chi connectivity index (χ1v) is 8.55. The molecule has 7 heteroatoms. The van der Waals surface area contributed by atoms with Crippen LogP contribution in [-0.4, -0.2) is 30.1 Å². The second kappa shape index (κ2) is 7.27. The highest BCUT2D eigenvalue weighted by Crippen LogP contribution is 2.24. The van der Waals surface area contributed by atoms with E-state index in [4.69, 9.17) is 5.73 Å². The van der Waals surface area contributed by atoms with Crippen molar-refractivity contribution in [2.24, 2.45) is 10.8 Å². The van der Waals surface area contributed by atoms with Crippen LogP contribution in [0, 0.1) is 0 Å². The van der Waals surface area contributed by atoms with Gasteiger partial charge in [0.1, 0.15) is 11.8 Å². The number of primary amides is 1. The lowest BCUT2D eigenvalue weighted by atomic mass is 10.1. The van der Waals surface area contributed by atoms with Crippen LogP contribution in [0.1, 0.15) is 11.3 Å². The van der Waals surface area contributed by atoms with Crippen LogP contribution in [0.3, 0.4) is 0 Å². The molecule has 6 nitrogen and oxygen atoms in total. The second-order valence-corrected chi connectivity index (χ2v) is 6.47. The molecule has 1 aromatic carbocycles. The quantitative estimate of drug-likeness (QED) is 0.834. The Hall–Kier alpha value is -2.67. The van der Waals surface area contributed by atoms with Gasteiger partial charge in [-0.3, -0.25) is 14.6 Å². The lowest BCUT2D eigenvalue weighted by molar-refractivity contribution is -0.119. The van der Waals surface area contributed by atoms with Crippen molar-refractivity contribution in [3.63, 3.8) is 0 Å². The Bertz CT molecular complexity index is 743. The number of benzene rings is 1. The third kappa shape index (κ3) is 3.62. The van der Waals surface area contributed by atoms with Crippen molar-refractivity contribution in [1.29, 1.82) is 0 Å². The van der Waals surface area contributed by atoms with Crippen molar-refractivity contribution >= 4 is 34.6 Å². The number of nitrogens with one attached hydrogen (secondary N) is 1. The summed E-state index contributed by atoms with van der Waals surface area (Å²) in [5, 5.41) is 10.7. The van der Waals surface area contributed by atoms with E-state index in [9.17, 15) is 9.59 Å². The number of hydrazone groups is 1. The Kier molecular flexibility index (Phi) is 4.90. The van der Waals surface area contributed by atoms with E-state index in [1.807, 2.05) is 47.8 Å². The lowest BCUT2D eigenvalue weighted by Gasteiger charge is -2.20. The minimum Gasteiger partial charge on any atom is -0.368 e. The van der Waals surface area contributed by atoms with Crippen LogP contribution in [0.2, 0.25) is 0 Å². The number of nitrogens with zero attached hydrogens (tertiary/aromatic N) is 2. The number of hydrogen-bond acceptors (Lipinski definition) is 5. The van der Waals surface area contributed by atoms with E-state index in [1.165, 1.54) is 9.89 Å². The molecule has 0 saturated heterocycles. The van der Waals surface area contributed by atoms with Crippen LogP contribution in [0.25, 0.3) is 0 Å². The van der Waals surface area contributed by atoms with Gasteiger partial charge >= 0.3 is 0 Å². The van der Waals surface area contributed by atoms with E-state index >= 15 is 0 Å². The van der Waals surface area contributed by atoms with Gasteiger partial charge in [0, 0.05) is 17.8 Å². The summed E-state index contributed by atoms with van der Waals surface area (Å²) in [6.07, 6.45) is 0.993. The molecule has 24 heavy (non-hydrogen) atoms. The highest BCUT2D eigenvalue weighted by atomic mass is 32.1. The van der Waals surface area contributed by atoms with Crippen LogP contribution < -0.4 is 16.1 Å². The fraction of sp³-hybridized carbons (Fsp3) is 0.235. The number of carbonyl (C=O) groups is 2. The van der Waals surface area contributed by atoms with Gasteiger partial charge in [-0.1, -0.05) is 24.3 Å². The van der Waals surface area contributed by atoms with Gasteiger partial charge in [-0.15, -0.1) is 11.3 Å². The van der Waals surface area contributed by atoms with Gasteiger partial charge in [0.25, 0.3) is 5.91 Å². The molecule has 3 N–H and O–H groups in total. The van der Waals surface area contributed by atoms with Crippen LogP contribution in [0.5, 0.6) is 0 Å². The van der Waals surface area contributed by atoms with Crippen LogP contribution >= 0.6 is 11.3 Å². The molecule has 0 fully saturated rings. The normalized spacial score (nSPS) is 16.8. The van der Waals surface area contributed by atoms with E-state index in [-0.39, 0.29) is 12.3 Å². The molecule has 1 aliphatic rings. The van der Waals surface area contributed by atoms with E-state index < -0.39 is 11.9 Å². The van der Waals surface area contributed by atoms with Crippen molar-refractivity contribution in [2.45, 2.75) is 18.9 Å². The highest BCUT2D eigenvalue weighted by molar-refractivity contribution is 7.09. The third-order valence-corrected chi connectivity index (χ3v) is 4.69. The lowest BCUT2D eigenvalue weighted by Crippen LogP contribution is -2.40. The molecule has 0 radical (unpaired) electrons. The average Bonchev–Trinajstić information content (AvgIpc) is 3.25. The minimum absolute atomic E-state index is 0.217. The molecule has 124 valence electrons. The predicted octanol–water partition coefficient (Wildman–Crippen LogP) is 1.53. The largest absolute Gasteiger partial charge is 0.368 e. The van der Waals surface area contributed by atoms with Gasteiger partial charge in [0.15, 0.2) is 0 Å². The van der Waals surface area contributed by atoms with Gasteiger partial charge in [0.2, 0.25) is 5.91 Å². The van der Waals surface area contributed by atoms with Gasteiger partial charge in [-0.2, -0.15) is 5.10 Å². The van der Waals surface area contributed by atoms with Crippen LogP contribution in [0.4, 0.5) is 5.69 Å². The standard InChI is InChI=1S/C17H18N4O2S/c18-16(22)15-11-14(20-21(15)12-5-2-1-3-6-12)17(23)19-9-8-13-7-4-10-24-13/h1-7,10,15H,8-9,11H2,(H2,18,22)(H,19,23)/t15-/m0/s1. The monoisotopic (exact) mass is 342 g/mol. The number of thiophene rings is 1. The van der Waals surface area contributed by atoms with Crippen LogP contribution in [0.15, 0.2) is 52.9 Å². The topological polar surface area (TPSA) is 87.8 Å². The van der Waals surface area contributed by atoms with E-state index in [1.54, 1.807) is 11.3 Å². The van der Waals surface area contributed by atoms with Crippen molar-refractivity contribution < 1.29 is 9.59 Å². The molecular formula is C17H18N4O2S. The fourth-order valence-electron chi connectivity index (χ4n) is 2.54. The smallest absolute Gasteiger partial charge is 0.267 e. The first-order valence-electron chi connectivity index (χ1n) is 7.67. The molecule has 0 saturated carbocycles. The summed E-state index contributed by atoms with van der Waals surface area (Å²) in [6.45, 7) is 0.533. The maximum Gasteiger partial charge on any atom is 0.267 e. The Morgan fingerprint density at radius 2 is 2.04 bits per heavy atom. The maximum absolute atomic E-state index is 12.3. The Morgan fingerprint density at radius 3 is 2.71 bits per heavy atom. The zero-order valence-electron chi connectivity index (χ0n) is 13.0. The van der Waals surface area contributed by atoms with Crippen molar-refractivity contribution in [2.75, 3.05) is 11.6 Å². The Labute approximate surface area is 144 Å². The first kappa shape index (κ1) is 16.2. The van der Waals surface area contributed by atoms with Crippen molar-refractivity contribution in [3.05, 3.63) is 52.7 Å². The zero-order valence-corrected chi connectivity index (χ0v) is 13.8. The minimum atomic E-state index is -0.634. The number of hydrogen-bond donors (Lipinski definition) is 2. The SMILES string of the molecule is NC(=O)[C@@H]1CC(C(=O)NCCc2cccs2)=NN1c1ccccc1. The van der Waals surface area contributed by atoms with Gasteiger partial charge in [0.05, 0.1) is 5.69 Å². The van der Waals surface area contributed by atoms with Crippen LogP contribution in [-0.2, 0) is 16.0 Å². The molecule has 2 amide bonds. The van der Waals surface area contributed by atoms with E-state index in [0.717, 1.165) is 12.1 Å². The summed E-state index contributed by atoms with van der Waals surface area (Å²) in [5.74, 6) is -0.750. The van der Waals surface area contributed by atoms with Gasteiger partial charge in [-0.25, -0.2) is 0 Å². The molecule has 1 aromatic heterocycles. The number of para-hydroxylation sites is 1. The molecule has 1 atom stereocenters. The van der Waals surface area contributed by atoms with Crippen molar-refractivity contribution in [3.8, 4) is 0 Å². The summed E-state index contributed by atoms with van der Waals surface area (Å²) >= 11 is 1.66. The number of nitrogens with two attached hydrogens (primary N) is 1. The second-order valence-electron chi connectivity index (χ2n) is 5.43. The maximum atomic E-state index is 12.3. The van der Waals surface area contributed by atoms with Gasteiger partial charge < -0.3 is 11.1 Å². The third-order valence-electron chi connectivity index (χ3n) is 3.76. The summed E-state index contributed by atoms with van der Waals surface area (Å²) in [6, 6.07) is 12.6. The summed E-state index contributed by atoms with van der Waals surface area (Å²) in [5.41, 5.74) is 6.53. The molecule has 0 unspecified atom stereocenters. The number of rotatable bonds is 6. The molecule has 1 aliphatic heterocycles. The van der Waals surface area contributed by atoms with E-state index in [0.29, 0.717) is 12.3 Å². The number of anilines is 1. The van der Waals surface area contributed by atoms with E-state index in [2.05, 4.69) is 10.4 Å². The summed E-state index contributed by atoms with van der Waals surface area (Å²) < 4.78 is 0. The fourth-order valence-corrected chi connectivity index (χ4v) is 3.25. The average molecular weight is 342 g/mol.